The van der Waals surface area contributed by atoms with Crippen LogP contribution in [-0.4, -0.2) is 35.6 Å². The lowest BCUT2D eigenvalue weighted by atomic mass is 10.0. The Morgan fingerprint density at radius 2 is 2.35 bits per heavy atom. The van der Waals surface area contributed by atoms with Crippen molar-refractivity contribution in [2.75, 3.05) is 19.6 Å². The molecule has 1 aliphatic heterocycles. The quantitative estimate of drug-likeness (QED) is 0.900. The van der Waals surface area contributed by atoms with Gasteiger partial charge in [0.1, 0.15) is 5.82 Å². The molecule has 1 fully saturated rings. The molecule has 1 aromatic heterocycles. The van der Waals surface area contributed by atoms with Crippen LogP contribution < -0.4 is 5.73 Å². The van der Waals surface area contributed by atoms with Gasteiger partial charge in [-0.25, -0.2) is 4.39 Å². The number of nitrogens with zero attached hydrogens (tertiary/aromatic N) is 1. The largest absolute Gasteiger partial charge is 0.361 e. The van der Waals surface area contributed by atoms with Crippen molar-refractivity contribution in [2.45, 2.75) is 25.8 Å². The lowest BCUT2D eigenvalue weighted by molar-refractivity contribution is 0.320. The summed E-state index contributed by atoms with van der Waals surface area (Å²) in [7, 11) is 0. The van der Waals surface area contributed by atoms with E-state index in [1.54, 1.807) is 12.1 Å². The molecule has 0 bridgehead atoms. The average molecular weight is 275 g/mol. The standard InChI is InChI=1S/C16H22FN3/c1-11(18)13-5-7-20(10-13)6-4-12-9-19-16-3-2-14(17)8-15(12)16/h2-3,8-9,11,13,19H,4-7,10,18H2,1H3. The van der Waals surface area contributed by atoms with Gasteiger partial charge in [0.15, 0.2) is 0 Å². The Hall–Kier alpha value is -1.39. The summed E-state index contributed by atoms with van der Waals surface area (Å²) >= 11 is 0. The molecule has 3 rings (SSSR count). The number of hydrogen-bond acceptors (Lipinski definition) is 2. The third kappa shape index (κ3) is 2.72. The second-order valence-electron chi connectivity index (χ2n) is 5.96. The number of aromatic amines is 1. The summed E-state index contributed by atoms with van der Waals surface area (Å²) in [6.07, 6.45) is 4.15. The highest BCUT2D eigenvalue weighted by Gasteiger charge is 2.24. The van der Waals surface area contributed by atoms with E-state index < -0.39 is 0 Å². The normalized spacial score (nSPS) is 21.6. The maximum Gasteiger partial charge on any atom is 0.123 e. The summed E-state index contributed by atoms with van der Waals surface area (Å²) in [5, 5.41) is 1.01. The van der Waals surface area contributed by atoms with E-state index in [4.69, 9.17) is 5.73 Å². The maximum absolute atomic E-state index is 13.3. The Kier molecular flexibility index (Phi) is 3.76. The first-order chi connectivity index (χ1) is 9.63. The SMILES string of the molecule is CC(N)C1CCN(CCc2c[nH]c3ccc(F)cc23)C1. The zero-order valence-corrected chi connectivity index (χ0v) is 11.9. The van der Waals surface area contributed by atoms with Crippen LogP contribution in [0, 0.1) is 11.7 Å². The molecule has 20 heavy (non-hydrogen) atoms. The average Bonchev–Trinajstić information content (AvgIpc) is 3.02. The van der Waals surface area contributed by atoms with Gasteiger partial charge < -0.3 is 15.6 Å². The van der Waals surface area contributed by atoms with Crippen LogP contribution in [0.3, 0.4) is 0 Å². The van der Waals surface area contributed by atoms with Crippen LogP contribution >= 0.6 is 0 Å². The van der Waals surface area contributed by atoms with Crippen LogP contribution in [0.15, 0.2) is 24.4 Å². The van der Waals surface area contributed by atoms with Gasteiger partial charge in [-0.2, -0.15) is 0 Å². The van der Waals surface area contributed by atoms with Gasteiger partial charge in [-0.1, -0.05) is 0 Å². The van der Waals surface area contributed by atoms with Crippen molar-refractivity contribution in [3.63, 3.8) is 0 Å². The topological polar surface area (TPSA) is 45.0 Å². The summed E-state index contributed by atoms with van der Waals surface area (Å²) in [4.78, 5) is 5.68. The molecule has 2 atom stereocenters. The van der Waals surface area contributed by atoms with E-state index in [1.165, 1.54) is 18.1 Å². The van der Waals surface area contributed by atoms with Crippen LogP contribution in [0.4, 0.5) is 4.39 Å². The Morgan fingerprint density at radius 3 is 3.10 bits per heavy atom. The van der Waals surface area contributed by atoms with E-state index >= 15 is 0 Å². The van der Waals surface area contributed by atoms with Gasteiger partial charge in [0, 0.05) is 36.2 Å². The molecule has 3 nitrogen and oxygen atoms in total. The third-order valence-electron chi connectivity index (χ3n) is 4.48. The monoisotopic (exact) mass is 275 g/mol. The molecule has 4 heteroatoms. The van der Waals surface area contributed by atoms with E-state index in [1.807, 2.05) is 6.20 Å². The van der Waals surface area contributed by atoms with Gasteiger partial charge in [0.05, 0.1) is 0 Å². The Labute approximate surface area is 119 Å². The number of nitrogens with one attached hydrogen (secondary N) is 1. The van der Waals surface area contributed by atoms with Gasteiger partial charge in [-0.05, 0) is 56.0 Å². The van der Waals surface area contributed by atoms with Crippen molar-refractivity contribution in [1.29, 1.82) is 0 Å². The number of nitrogens with two attached hydrogens (primary N) is 1. The number of halogens is 1. The Balaban J connectivity index is 1.64. The van der Waals surface area contributed by atoms with E-state index in [9.17, 15) is 4.39 Å². The molecule has 108 valence electrons. The highest BCUT2D eigenvalue weighted by Crippen LogP contribution is 2.22. The zero-order chi connectivity index (χ0) is 14.1. The highest BCUT2D eigenvalue weighted by atomic mass is 19.1. The van der Waals surface area contributed by atoms with E-state index in [0.717, 1.165) is 37.0 Å². The first-order valence-corrected chi connectivity index (χ1v) is 7.37. The molecule has 1 aromatic carbocycles. The van der Waals surface area contributed by atoms with Crippen LogP contribution in [0.2, 0.25) is 0 Å². The van der Waals surface area contributed by atoms with Gasteiger partial charge >= 0.3 is 0 Å². The number of fused-ring (bicyclic) bond motifs is 1. The summed E-state index contributed by atoms with van der Waals surface area (Å²) < 4.78 is 13.3. The fourth-order valence-electron chi connectivity index (χ4n) is 3.13. The minimum absolute atomic E-state index is 0.170. The predicted molar refractivity (Wildman–Crippen MR) is 80.2 cm³/mol. The van der Waals surface area contributed by atoms with Crippen LogP contribution in [0.1, 0.15) is 18.9 Å². The second kappa shape index (κ2) is 5.54. The molecule has 2 unspecified atom stereocenters. The Bertz CT molecular complexity index is 590. The van der Waals surface area contributed by atoms with E-state index in [2.05, 4.69) is 16.8 Å². The molecule has 0 amide bonds. The van der Waals surface area contributed by atoms with Crippen molar-refractivity contribution in [2.24, 2.45) is 11.7 Å². The molecule has 0 spiro atoms. The van der Waals surface area contributed by atoms with Crippen LogP contribution in [0.5, 0.6) is 0 Å². The number of aromatic nitrogens is 1. The fourth-order valence-corrected chi connectivity index (χ4v) is 3.13. The van der Waals surface area contributed by atoms with Crippen molar-refractivity contribution in [3.8, 4) is 0 Å². The molecule has 3 N–H and O–H groups in total. The van der Waals surface area contributed by atoms with Crippen molar-refractivity contribution < 1.29 is 4.39 Å². The number of likely N-dealkylation sites (tertiary alicyclic amines) is 1. The number of benzene rings is 1. The summed E-state index contributed by atoms with van der Waals surface area (Å²) in [5.74, 6) is 0.451. The molecule has 2 heterocycles. The summed E-state index contributed by atoms with van der Waals surface area (Å²) in [6.45, 7) is 5.33. The highest BCUT2D eigenvalue weighted by molar-refractivity contribution is 5.83. The molecule has 0 aliphatic carbocycles. The molecular weight excluding hydrogens is 253 g/mol. The van der Waals surface area contributed by atoms with E-state index in [0.29, 0.717) is 5.92 Å². The van der Waals surface area contributed by atoms with Gasteiger partial charge in [0.25, 0.3) is 0 Å². The van der Waals surface area contributed by atoms with E-state index in [-0.39, 0.29) is 11.9 Å². The summed E-state index contributed by atoms with van der Waals surface area (Å²) in [5.41, 5.74) is 8.18. The molecule has 1 saturated heterocycles. The van der Waals surface area contributed by atoms with Crippen molar-refractivity contribution in [3.05, 3.63) is 35.8 Å². The van der Waals surface area contributed by atoms with Gasteiger partial charge in [0.2, 0.25) is 0 Å². The molecule has 0 radical (unpaired) electrons. The Morgan fingerprint density at radius 1 is 1.50 bits per heavy atom. The second-order valence-corrected chi connectivity index (χ2v) is 5.96. The lowest BCUT2D eigenvalue weighted by Gasteiger charge is -2.17. The van der Waals surface area contributed by atoms with Crippen LogP contribution in [0.25, 0.3) is 10.9 Å². The third-order valence-corrected chi connectivity index (χ3v) is 4.48. The van der Waals surface area contributed by atoms with Gasteiger partial charge in [-0.3, -0.25) is 0 Å². The molecule has 0 saturated carbocycles. The fraction of sp³-hybridized carbons (Fsp3) is 0.500. The van der Waals surface area contributed by atoms with Crippen LogP contribution in [-0.2, 0) is 6.42 Å². The molecule has 1 aliphatic rings. The molecule has 2 aromatic rings. The van der Waals surface area contributed by atoms with Crippen molar-refractivity contribution >= 4 is 10.9 Å². The first kappa shape index (κ1) is 13.6. The smallest absolute Gasteiger partial charge is 0.123 e. The minimum Gasteiger partial charge on any atom is -0.361 e. The maximum atomic E-state index is 13.3. The lowest BCUT2D eigenvalue weighted by Crippen LogP contribution is -2.30. The van der Waals surface area contributed by atoms with Crippen molar-refractivity contribution in [1.82, 2.24) is 9.88 Å². The van der Waals surface area contributed by atoms with Gasteiger partial charge in [-0.15, -0.1) is 0 Å². The predicted octanol–water partition coefficient (Wildman–Crippen LogP) is 2.52. The first-order valence-electron chi connectivity index (χ1n) is 7.37. The molecular formula is C16H22FN3. The number of rotatable bonds is 4. The summed E-state index contributed by atoms with van der Waals surface area (Å²) in [6, 6.07) is 5.20. The number of H-pyrrole nitrogens is 1. The zero-order valence-electron chi connectivity index (χ0n) is 11.9. The number of hydrogen-bond donors (Lipinski definition) is 2. The minimum atomic E-state index is -0.170.